The van der Waals surface area contributed by atoms with Crippen LogP contribution in [0.3, 0.4) is 0 Å². The maximum absolute atomic E-state index is 12.1. The van der Waals surface area contributed by atoms with E-state index in [4.69, 9.17) is 11.6 Å². The van der Waals surface area contributed by atoms with Crippen LogP contribution in [-0.2, 0) is 6.54 Å². The van der Waals surface area contributed by atoms with Gasteiger partial charge in [0.25, 0.3) is 0 Å². The highest BCUT2D eigenvalue weighted by Gasteiger charge is 2.09. The molecule has 0 saturated heterocycles. The van der Waals surface area contributed by atoms with E-state index in [0.29, 0.717) is 23.7 Å². The Balaban J connectivity index is 1.93. The van der Waals surface area contributed by atoms with Crippen molar-refractivity contribution >= 4 is 17.4 Å². The average molecular weight is 275 g/mol. The molecule has 2 aromatic rings. The number of hydrogen-bond donors (Lipinski definition) is 0. The molecule has 0 spiro atoms. The quantitative estimate of drug-likeness (QED) is 0.786. The molecule has 0 bridgehead atoms. The zero-order valence-corrected chi connectivity index (χ0v) is 11.5. The lowest BCUT2D eigenvalue weighted by molar-refractivity contribution is 0.0942. The maximum atomic E-state index is 12.1. The van der Waals surface area contributed by atoms with Gasteiger partial charge in [-0.05, 0) is 43.4 Å². The number of Topliss-reactive ketones (excluding diaryl/α,β-unsaturated/α-hetero) is 1. The minimum Gasteiger partial charge on any atom is -0.293 e. The Morgan fingerprint density at radius 3 is 2.58 bits per heavy atom. The summed E-state index contributed by atoms with van der Waals surface area (Å²) in [5, 5.41) is 0.637. The Hall–Kier alpha value is -1.71. The molecule has 0 saturated carbocycles. The molecule has 98 valence electrons. The van der Waals surface area contributed by atoms with Gasteiger partial charge in [0.05, 0.1) is 12.2 Å². The van der Waals surface area contributed by atoms with Crippen molar-refractivity contribution in [2.45, 2.75) is 6.54 Å². The molecule has 0 aliphatic heterocycles. The summed E-state index contributed by atoms with van der Waals surface area (Å²) >= 11 is 5.80. The molecule has 0 aliphatic carbocycles. The van der Waals surface area contributed by atoms with Crippen molar-refractivity contribution in [3.05, 3.63) is 64.9 Å². The lowest BCUT2D eigenvalue weighted by Crippen LogP contribution is -2.25. The fraction of sp³-hybridized carbons (Fsp3) is 0.200. The van der Waals surface area contributed by atoms with E-state index in [-0.39, 0.29) is 5.78 Å². The minimum atomic E-state index is 0.0788. The highest BCUT2D eigenvalue weighted by Crippen LogP contribution is 2.10. The number of nitrogens with zero attached hydrogens (tertiary/aromatic N) is 2. The van der Waals surface area contributed by atoms with Crippen molar-refractivity contribution in [1.29, 1.82) is 0 Å². The summed E-state index contributed by atoms with van der Waals surface area (Å²) in [6, 6.07) is 12.7. The molecule has 0 amide bonds. The van der Waals surface area contributed by atoms with Crippen LogP contribution in [0.25, 0.3) is 0 Å². The molecule has 0 atom stereocenters. The average Bonchev–Trinajstić information content (AvgIpc) is 2.40. The van der Waals surface area contributed by atoms with Crippen LogP contribution in [0, 0.1) is 0 Å². The molecule has 19 heavy (non-hydrogen) atoms. The van der Waals surface area contributed by atoms with E-state index in [0.717, 1.165) is 5.69 Å². The van der Waals surface area contributed by atoms with Crippen LogP contribution in [-0.4, -0.2) is 29.3 Å². The normalized spacial score (nSPS) is 10.7. The smallest absolute Gasteiger partial charge is 0.176 e. The number of benzene rings is 1. The van der Waals surface area contributed by atoms with Gasteiger partial charge in [0.2, 0.25) is 0 Å². The highest BCUT2D eigenvalue weighted by molar-refractivity contribution is 6.30. The van der Waals surface area contributed by atoms with Crippen LogP contribution in [0.1, 0.15) is 16.1 Å². The van der Waals surface area contributed by atoms with E-state index in [9.17, 15) is 4.79 Å². The van der Waals surface area contributed by atoms with Crippen molar-refractivity contribution in [2.75, 3.05) is 13.6 Å². The summed E-state index contributed by atoms with van der Waals surface area (Å²) in [7, 11) is 1.91. The zero-order chi connectivity index (χ0) is 13.7. The molecular weight excluding hydrogens is 260 g/mol. The summed E-state index contributed by atoms with van der Waals surface area (Å²) < 4.78 is 0. The first-order valence-electron chi connectivity index (χ1n) is 6.02. The molecule has 0 fully saturated rings. The fourth-order valence-corrected chi connectivity index (χ4v) is 1.92. The molecule has 0 radical (unpaired) electrons. The minimum absolute atomic E-state index is 0.0788. The zero-order valence-electron chi connectivity index (χ0n) is 10.7. The summed E-state index contributed by atoms with van der Waals surface area (Å²) in [6.45, 7) is 1.01. The van der Waals surface area contributed by atoms with E-state index >= 15 is 0 Å². The lowest BCUT2D eigenvalue weighted by atomic mass is 10.1. The Morgan fingerprint density at radius 2 is 1.95 bits per heavy atom. The largest absolute Gasteiger partial charge is 0.293 e. The second-order valence-electron chi connectivity index (χ2n) is 4.42. The van der Waals surface area contributed by atoms with Gasteiger partial charge in [0, 0.05) is 23.3 Å². The van der Waals surface area contributed by atoms with Gasteiger partial charge in [-0.25, -0.2) is 0 Å². The van der Waals surface area contributed by atoms with Gasteiger partial charge < -0.3 is 0 Å². The summed E-state index contributed by atoms with van der Waals surface area (Å²) in [5.41, 5.74) is 1.63. The van der Waals surface area contributed by atoms with Gasteiger partial charge in [-0.1, -0.05) is 17.7 Å². The first-order valence-corrected chi connectivity index (χ1v) is 6.40. The van der Waals surface area contributed by atoms with E-state index in [2.05, 4.69) is 4.98 Å². The van der Waals surface area contributed by atoms with E-state index in [1.165, 1.54) is 0 Å². The van der Waals surface area contributed by atoms with E-state index in [1.807, 2.05) is 30.1 Å². The molecule has 3 nitrogen and oxygen atoms in total. The van der Waals surface area contributed by atoms with Crippen LogP contribution in [0.4, 0.5) is 0 Å². The number of rotatable bonds is 5. The Kier molecular flexibility index (Phi) is 4.66. The molecule has 0 aliphatic rings. The molecule has 0 N–H and O–H groups in total. The molecule has 1 aromatic carbocycles. The maximum Gasteiger partial charge on any atom is 0.176 e. The number of carbonyl (C=O) groups is 1. The number of halogens is 1. The highest BCUT2D eigenvalue weighted by atomic mass is 35.5. The first kappa shape index (κ1) is 13.7. The number of aromatic nitrogens is 1. The van der Waals surface area contributed by atoms with Crippen LogP contribution < -0.4 is 0 Å². The SMILES string of the molecule is CN(CC(=O)c1ccc(Cl)cc1)Cc1ccccn1. The summed E-state index contributed by atoms with van der Waals surface area (Å²) in [6.07, 6.45) is 1.75. The van der Waals surface area contributed by atoms with Gasteiger partial charge in [-0.3, -0.25) is 14.7 Å². The van der Waals surface area contributed by atoms with Crippen LogP contribution >= 0.6 is 11.6 Å². The summed E-state index contributed by atoms with van der Waals surface area (Å²) in [5.74, 6) is 0.0788. The van der Waals surface area contributed by atoms with Crippen molar-refractivity contribution < 1.29 is 4.79 Å². The fourth-order valence-electron chi connectivity index (χ4n) is 1.80. The van der Waals surface area contributed by atoms with Crippen molar-refractivity contribution in [1.82, 2.24) is 9.88 Å². The van der Waals surface area contributed by atoms with Crippen molar-refractivity contribution in [3.8, 4) is 0 Å². The molecule has 1 aromatic heterocycles. The lowest BCUT2D eigenvalue weighted by Gasteiger charge is -2.15. The Labute approximate surface area is 117 Å². The first-order chi connectivity index (χ1) is 9.15. The van der Waals surface area contributed by atoms with Crippen molar-refractivity contribution in [2.24, 2.45) is 0 Å². The third kappa shape index (κ3) is 4.16. The van der Waals surface area contributed by atoms with Gasteiger partial charge in [0.1, 0.15) is 0 Å². The second-order valence-corrected chi connectivity index (χ2v) is 4.86. The molecule has 0 unspecified atom stereocenters. The third-order valence-electron chi connectivity index (χ3n) is 2.74. The number of ketones is 1. The van der Waals surface area contributed by atoms with Gasteiger partial charge in [-0.2, -0.15) is 0 Å². The standard InChI is InChI=1S/C15H15ClN2O/c1-18(10-14-4-2-3-9-17-14)11-15(19)12-5-7-13(16)8-6-12/h2-9H,10-11H2,1H3. The second kappa shape index (κ2) is 6.45. The molecule has 1 heterocycles. The monoisotopic (exact) mass is 274 g/mol. The number of likely N-dealkylation sites (N-methyl/N-ethyl adjacent to an activating group) is 1. The molecule has 4 heteroatoms. The van der Waals surface area contributed by atoms with Crippen molar-refractivity contribution in [3.63, 3.8) is 0 Å². The van der Waals surface area contributed by atoms with Crippen LogP contribution in [0.5, 0.6) is 0 Å². The topological polar surface area (TPSA) is 33.2 Å². The van der Waals surface area contributed by atoms with E-state index < -0.39 is 0 Å². The number of carbonyl (C=O) groups excluding carboxylic acids is 1. The van der Waals surface area contributed by atoms with Gasteiger partial charge in [-0.15, -0.1) is 0 Å². The molecular formula is C15H15ClN2O. The van der Waals surface area contributed by atoms with Crippen LogP contribution in [0.2, 0.25) is 5.02 Å². The number of pyridine rings is 1. The third-order valence-corrected chi connectivity index (χ3v) is 2.99. The Bertz CT molecular complexity index is 540. The van der Waals surface area contributed by atoms with Crippen LogP contribution in [0.15, 0.2) is 48.7 Å². The van der Waals surface area contributed by atoms with Gasteiger partial charge in [0.15, 0.2) is 5.78 Å². The predicted octanol–water partition coefficient (Wildman–Crippen LogP) is 3.05. The number of hydrogen-bond acceptors (Lipinski definition) is 3. The predicted molar refractivity (Wildman–Crippen MR) is 76.4 cm³/mol. The Morgan fingerprint density at radius 1 is 1.21 bits per heavy atom. The molecule has 2 rings (SSSR count). The van der Waals surface area contributed by atoms with Gasteiger partial charge >= 0.3 is 0 Å². The van der Waals surface area contributed by atoms with E-state index in [1.54, 1.807) is 30.5 Å². The summed E-state index contributed by atoms with van der Waals surface area (Å²) in [4.78, 5) is 18.2.